The first-order valence-electron chi connectivity index (χ1n) is 10.9. The number of nitrogens with one attached hydrogen (secondary N) is 1. The minimum atomic E-state index is 0.0289. The quantitative estimate of drug-likeness (QED) is 0.323. The van der Waals surface area contributed by atoms with E-state index >= 15 is 0 Å². The number of hydrogen-bond acceptors (Lipinski definition) is 7. The molecular weight excluding hydrogens is 434 g/mol. The van der Waals surface area contributed by atoms with Crippen LogP contribution in [0.1, 0.15) is 29.3 Å². The maximum absolute atomic E-state index is 6.20. The molecule has 0 saturated heterocycles. The highest BCUT2D eigenvalue weighted by Gasteiger charge is 2.19. The predicted octanol–water partition coefficient (Wildman–Crippen LogP) is 5.07. The minimum absolute atomic E-state index is 0.0289. The van der Waals surface area contributed by atoms with E-state index in [1.54, 1.807) is 14.2 Å². The Hall–Kier alpha value is -3.13. The Morgan fingerprint density at radius 1 is 0.939 bits per heavy atom. The van der Waals surface area contributed by atoms with Crippen LogP contribution in [0, 0.1) is 0 Å². The zero-order valence-corrected chi connectivity index (χ0v) is 19.7. The van der Waals surface area contributed by atoms with Gasteiger partial charge in [-0.1, -0.05) is 48.5 Å². The second-order valence-electron chi connectivity index (χ2n) is 7.66. The summed E-state index contributed by atoms with van der Waals surface area (Å²) in [6.45, 7) is 1.60. The average Bonchev–Trinajstić information content (AvgIpc) is 3.30. The molecule has 0 aliphatic rings. The summed E-state index contributed by atoms with van der Waals surface area (Å²) in [5.74, 6) is 2.04. The molecule has 3 N–H and O–H groups in total. The van der Waals surface area contributed by atoms with Gasteiger partial charge in [0.25, 0.3) is 0 Å². The van der Waals surface area contributed by atoms with Crippen LogP contribution in [0.2, 0.25) is 0 Å². The first-order valence-corrected chi connectivity index (χ1v) is 11.7. The number of hydrogen-bond donors (Lipinski definition) is 2. The summed E-state index contributed by atoms with van der Waals surface area (Å²) in [5, 5.41) is 4.81. The van der Waals surface area contributed by atoms with Crippen molar-refractivity contribution in [3.63, 3.8) is 0 Å². The summed E-state index contributed by atoms with van der Waals surface area (Å²) < 4.78 is 23.2. The molecule has 7 heteroatoms. The van der Waals surface area contributed by atoms with Crippen molar-refractivity contribution in [2.45, 2.75) is 25.6 Å². The van der Waals surface area contributed by atoms with Crippen LogP contribution in [0.3, 0.4) is 0 Å². The number of benzene rings is 3. The van der Waals surface area contributed by atoms with Gasteiger partial charge in [-0.2, -0.15) is 4.37 Å². The highest BCUT2D eigenvalue weighted by Crippen LogP contribution is 2.36. The van der Waals surface area contributed by atoms with E-state index in [9.17, 15) is 0 Å². The van der Waals surface area contributed by atoms with Gasteiger partial charge < -0.3 is 25.3 Å². The lowest BCUT2D eigenvalue weighted by Crippen LogP contribution is -2.24. The van der Waals surface area contributed by atoms with Gasteiger partial charge in [-0.05, 0) is 42.2 Å². The van der Waals surface area contributed by atoms with Gasteiger partial charge in [0, 0.05) is 23.6 Å². The topological polar surface area (TPSA) is 78.6 Å². The molecule has 4 aromatic rings. The van der Waals surface area contributed by atoms with Gasteiger partial charge in [0.05, 0.1) is 30.7 Å². The molecule has 0 aliphatic heterocycles. The van der Waals surface area contributed by atoms with Crippen molar-refractivity contribution in [2.24, 2.45) is 5.73 Å². The van der Waals surface area contributed by atoms with Crippen molar-refractivity contribution in [2.75, 3.05) is 20.8 Å². The molecule has 0 saturated carbocycles. The van der Waals surface area contributed by atoms with Crippen LogP contribution in [0.5, 0.6) is 17.2 Å². The van der Waals surface area contributed by atoms with Gasteiger partial charge in [-0.15, -0.1) is 0 Å². The molecular formula is C26H29N3O3S. The molecule has 1 heterocycles. The number of fused-ring (bicyclic) bond motifs is 1. The van der Waals surface area contributed by atoms with Crippen LogP contribution in [-0.4, -0.2) is 25.1 Å². The number of aromatic nitrogens is 1. The minimum Gasteiger partial charge on any atom is -0.493 e. The predicted molar refractivity (Wildman–Crippen MR) is 133 cm³/mol. The van der Waals surface area contributed by atoms with Crippen LogP contribution in [-0.2, 0) is 13.2 Å². The molecule has 0 spiro atoms. The van der Waals surface area contributed by atoms with Crippen LogP contribution in [0.25, 0.3) is 10.1 Å². The Bertz CT molecular complexity index is 1180. The Morgan fingerprint density at radius 2 is 1.67 bits per heavy atom. The van der Waals surface area contributed by atoms with E-state index in [0.29, 0.717) is 31.2 Å². The third-order valence-corrected chi connectivity index (χ3v) is 6.37. The van der Waals surface area contributed by atoms with Gasteiger partial charge in [-0.25, -0.2) is 0 Å². The lowest BCUT2D eigenvalue weighted by Gasteiger charge is -2.20. The number of nitrogens with zero attached hydrogens (tertiary/aromatic N) is 1. The molecule has 0 aliphatic carbocycles. The molecule has 0 fully saturated rings. The highest BCUT2D eigenvalue weighted by molar-refractivity contribution is 7.13. The third kappa shape index (κ3) is 5.45. The van der Waals surface area contributed by atoms with Gasteiger partial charge in [0.15, 0.2) is 11.5 Å². The zero-order valence-electron chi connectivity index (χ0n) is 18.9. The average molecular weight is 464 g/mol. The van der Waals surface area contributed by atoms with Gasteiger partial charge in [0.1, 0.15) is 12.4 Å². The first kappa shape index (κ1) is 23.0. The molecule has 4 rings (SSSR count). The fraction of sp³-hybridized carbons (Fsp3) is 0.269. The fourth-order valence-electron chi connectivity index (χ4n) is 3.80. The molecule has 3 aromatic carbocycles. The highest BCUT2D eigenvalue weighted by atomic mass is 32.1. The van der Waals surface area contributed by atoms with Crippen molar-refractivity contribution in [3.8, 4) is 17.2 Å². The van der Waals surface area contributed by atoms with E-state index in [0.717, 1.165) is 29.0 Å². The number of methoxy groups -OCH3 is 2. The molecule has 33 heavy (non-hydrogen) atoms. The van der Waals surface area contributed by atoms with E-state index in [2.05, 4.69) is 17.4 Å². The normalized spacial score (nSPS) is 12.0. The van der Waals surface area contributed by atoms with Gasteiger partial charge >= 0.3 is 0 Å². The van der Waals surface area contributed by atoms with Gasteiger partial charge in [-0.3, -0.25) is 0 Å². The second kappa shape index (κ2) is 11.1. The summed E-state index contributed by atoms with van der Waals surface area (Å²) >= 11 is 1.52. The summed E-state index contributed by atoms with van der Waals surface area (Å²) in [4.78, 5) is 0. The molecule has 1 aromatic heterocycles. The number of nitrogens with two attached hydrogens (primary N) is 1. The van der Waals surface area contributed by atoms with E-state index in [-0.39, 0.29) is 6.04 Å². The molecule has 1 atom stereocenters. The van der Waals surface area contributed by atoms with Crippen molar-refractivity contribution in [1.82, 2.24) is 9.69 Å². The van der Waals surface area contributed by atoms with Crippen molar-refractivity contribution < 1.29 is 14.2 Å². The fourth-order valence-corrected chi connectivity index (χ4v) is 4.63. The van der Waals surface area contributed by atoms with E-state index in [1.807, 2.05) is 54.6 Å². The molecule has 0 radical (unpaired) electrons. The monoisotopic (exact) mass is 463 g/mol. The standard InChI is InChI=1S/C26H29N3O3S/c1-30-23-14-19(22(15-24(23)31-2)32-17-18-8-4-3-5-9-18)16-28-21(12-13-27)26-20-10-6-7-11-25(20)33-29-26/h3-11,14-15,21,28H,12-13,16-17,27H2,1-2H3. The first-order chi connectivity index (χ1) is 16.2. The van der Waals surface area contributed by atoms with E-state index in [1.165, 1.54) is 21.6 Å². The SMILES string of the molecule is COc1cc(CNC(CCN)c2nsc3ccccc23)c(OCc2ccccc2)cc1OC. The van der Waals surface area contributed by atoms with Gasteiger partial charge in [0.2, 0.25) is 0 Å². The molecule has 172 valence electrons. The molecule has 6 nitrogen and oxygen atoms in total. The molecule has 0 bridgehead atoms. The Kier molecular flexibility index (Phi) is 7.78. The van der Waals surface area contributed by atoms with Crippen LogP contribution >= 0.6 is 11.5 Å². The molecule has 1 unspecified atom stereocenters. The number of ether oxygens (including phenoxy) is 3. The van der Waals surface area contributed by atoms with Crippen molar-refractivity contribution >= 4 is 21.6 Å². The van der Waals surface area contributed by atoms with Crippen molar-refractivity contribution in [1.29, 1.82) is 0 Å². The maximum atomic E-state index is 6.20. The largest absolute Gasteiger partial charge is 0.493 e. The summed E-state index contributed by atoms with van der Waals surface area (Å²) in [7, 11) is 3.26. The van der Waals surface area contributed by atoms with E-state index in [4.69, 9.17) is 24.3 Å². The summed E-state index contributed by atoms with van der Waals surface area (Å²) in [5.41, 5.74) is 9.06. The third-order valence-electron chi connectivity index (χ3n) is 5.53. The number of rotatable bonds is 11. The van der Waals surface area contributed by atoms with Crippen molar-refractivity contribution in [3.05, 3.63) is 83.6 Å². The smallest absolute Gasteiger partial charge is 0.164 e. The molecule has 0 amide bonds. The zero-order chi connectivity index (χ0) is 23.0. The Morgan fingerprint density at radius 3 is 2.42 bits per heavy atom. The lowest BCUT2D eigenvalue weighted by molar-refractivity contribution is 0.295. The summed E-state index contributed by atoms with van der Waals surface area (Å²) in [6.07, 6.45) is 0.779. The van der Waals surface area contributed by atoms with Crippen LogP contribution in [0.15, 0.2) is 66.7 Å². The second-order valence-corrected chi connectivity index (χ2v) is 8.47. The lowest BCUT2D eigenvalue weighted by atomic mass is 10.1. The Labute approximate surface area is 198 Å². The Balaban J connectivity index is 1.59. The van der Waals surface area contributed by atoms with E-state index < -0.39 is 0 Å². The van der Waals surface area contributed by atoms with Crippen LogP contribution < -0.4 is 25.3 Å². The maximum Gasteiger partial charge on any atom is 0.164 e. The summed E-state index contributed by atoms with van der Waals surface area (Å²) in [6, 6.07) is 22.3. The van der Waals surface area contributed by atoms with Crippen LogP contribution in [0.4, 0.5) is 0 Å².